The second-order valence-electron chi connectivity index (χ2n) is 4.91. The van der Waals surface area contributed by atoms with Crippen LogP contribution in [0, 0.1) is 0 Å². The minimum absolute atomic E-state index is 0.0332. The highest BCUT2D eigenvalue weighted by molar-refractivity contribution is 6.31. The Bertz CT molecular complexity index is 463. The van der Waals surface area contributed by atoms with E-state index in [1.54, 1.807) is 7.11 Å². The largest absolute Gasteiger partial charge is 0.372 e. The summed E-state index contributed by atoms with van der Waals surface area (Å²) in [6.07, 6.45) is 0.298. The van der Waals surface area contributed by atoms with E-state index in [0.29, 0.717) is 18.0 Å². The lowest BCUT2D eigenvalue weighted by Gasteiger charge is -2.38. The summed E-state index contributed by atoms with van der Waals surface area (Å²) in [5.41, 5.74) is 0.987. The lowest BCUT2D eigenvalue weighted by atomic mass is 10.0. The molecule has 1 saturated heterocycles. The van der Waals surface area contributed by atoms with Gasteiger partial charge >= 0.3 is 0 Å². The number of ether oxygens (including phenoxy) is 1. The molecule has 0 spiro atoms. The van der Waals surface area contributed by atoms with Crippen LogP contribution in [0.25, 0.3) is 0 Å². The number of hydrogen-bond donors (Lipinski definition) is 1. The van der Waals surface area contributed by atoms with Gasteiger partial charge in [0.25, 0.3) is 5.91 Å². The van der Waals surface area contributed by atoms with Gasteiger partial charge in [-0.1, -0.05) is 36.7 Å². The van der Waals surface area contributed by atoms with Gasteiger partial charge in [-0.2, -0.15) is 0 Å². The topological polar surface area (TPSA) is 41.6 Å². The predicted octanol–water partition coefficient (Wildman–Crippen LogP) is 2.24. The number of nitrogens with one attached hydrogen (secondary N) is 1. The van der Waals surface area contributed by atoms with Gasteiger partial charge in [-0.25, -0.2) is 0 Å². The standard InChI is InChI=1S/C15H21ClN2O2/c1-3-14(20-2)15(19)18-9-8-17-10-13(18)11-6-4-5-7-12(11)16/h4-7,13-14,17H,3,8-10H2,1-2H3. The highest BCUT2D eigenvalue weighted by Crippen LogP contribution is 2.29. The first-order valence-electron chi connectivity index (χ1n) is 6.97. The van der Waals surface area contributed by atoms with E-state index >= 15 is 0 Å². The Morgan fingerprint density at radius 2 is 2.30 bits per heavy atom. The maximum absolute atomic E-state index is 12.6. The molecule has 0 saturated carbocycles. The van der Waals surface area contributed by atoms with Crippen molar-refractivity contribution in [2.24, 2.45) is 0 Å². The fourth-order valence-corrected chi connectivity index (χ4v) is 2.88. The van der Waals surface area contributed by atoms with Crippen LogP contribution in [0.4, 0.5) is 0 Å². The maximum Gasteiger partial charge on any atom is 0.252 e. The Labute approximate surface area is 125 Å². The monoisotopic (exact) mass is 296 g/mol. The molecular weight excluding hydrogens is 276 g/mol. The Balaban J connectivity index is 2.26. The van der Waals surface area contributed by atoms with Gasteiger partial charge < -0.3 is 15.0 Å². The van der Waals surface area contributed by atoms with Gasteiger partial charge in [-0.3, -0.25) is 4.79 Å². The average molecular weight is 297 g/mol. The smallest absolute Gasteiger partial charge is 0.252 e. The molecule has 1 aliphatic rings. The molecule has 2 atom stereocenters. The normalized spacial score (nSPS) is 20.8. The molecule has 0 bridgehead atoms. The fraction of sp³-hybridized carbons (Fsp3) is 0.533. The van der Waals surface area contributed by atoms with Crippen molar-refractivity contribution in [2.45, 2.75) is 25.5 Å². The van der Waals surface area contributed by atoms with Crippen LogP contribution in [0.15, 0.2) is 24.3 Å². The number of halogens is 1. The molecule has 0 radical (unpaired) electrons. The number of amides is 1. The minimum atomic E-state index is -0.377. The van der Waals surface area contributed by atoms with Crippen LogP contribution >= 0.6 is 11.6 Å². The van der Waals surface area contributed by atoms with Crippen molar-refractivity contribution in [3.05, 3.63) is 34.9 Å². The average Bonchev–Trinajstić information content (AvgIpc) is 2.49. The summed E-state index contributed by atoms with van der Waals surface area (Å²) >= 11 is 6.28. The molecule has 1 aromatic rings. The van der Waals surface area contributed by atoms with Gasteiger partial charge in [0.1, 0.15) is 6.10 Å². The number of rotatable bonds is 4. The molecule has 2 unspecified atom stereocenters. The molecule has 4 nitrogen and oxygen atoms in total. The maximum atomic E-state index is 12.6. The summed E-state index contributed by atoms with van der Waals surface area (Å²) in [5.74, 6) is 0.0430. The Kier molecular flexibility index (Phi) is 5.40. The number of carbonyl (C=O) groups excluding carboxylic acids is 1. The molecule has 1 N–H and O–H groups in total. The van der Waals surface area contributed by atoms with E-state index in [2.05, 4.69) is 5.32 Å². The molecule has 1 fully saturated rings. The van der Waals surface area contributed by atoms with Crippen molar-refractivity contribution in [2.75, 3.05) is 26.7 Å². The first-order valence-corrected chi connectivity index (χ1v) is 7.35. The zero-order valence-electron chi connectivity index (χ0n) is 11.9. The van der Waals surface area contributed by atoms with Crippen LogP contribution < -0.4 is 5.32 Å². The summed E-state index contributed by atoms with van der Waals surface area (Å²) in [6, 6.07) is 7.66. The molecule has 20 heavy (non-hydrogen) atoms. The Morgan fingerprint density at radius 1 is 1.55 bits per heavy atom. The van der Waals surface area contributed by atoms with Crippen molar-refractivity contribution in [3.63, 3.8) is 0 Å². The first-order chi connectivity index (χ1) is 9.69. The number of methoxy groups -OCH3 is 1. The van der Waals surface area contributed by atoms with Crippen LogP contribution in [-0.4, -0.2) is 43.7 Å². The molecule has 0 aliphatic carbocycles. The molecular formula is C15H21ClN2O2. The number of nitrogens with zero attached hydrogens (tertiary/aromatic N) is 1. The SMILES string of the molecule is CCC(OC)C(=O)N1CCNCC1c1ccccc1Cl. The molecule has 5 heteroatoms. The number of carbonyl (C=O) groups is 1. The summed E-state index contributed by atoms with van der Waals surface area (Å²) in [7, 11) is 1.58. The third-order valence-electron chi connectivity index (χ3n) is 3.72. The second kappa shape index (κ2) is 7.07. The summed E-state index contributed by atoms with van der Waals surface area (Å²) in [6.45, 7) is 4.15. The predicted molar refractivity (Wildman–Crippen MR) is 79.9 cm³/mol. The summed E-state index contributed by atoms with van der Waals surface area (Å²) in [4.78, 5) is 14.5. The molecule has 2 rings (SSSR count). The Morgan fingerprint density at radius 3 is 2.95 bits per heavy atom. The first kappa shape index (κ1) is 15.3. The van der Waals surface area contributed by atoms with Crippen LogP contribution in [0.1, 0.15) is 24.9 Å². The molecule has 0 aromatic heterocycles. The van der Waals surface area contributed by atoms with Gasteiger partial charge in [-0.15, -0.1) is 0 Å². The van der Waals surface area contributed by atoms with Gasteiger partial charge in [0, 0.05) is 31.8 Å². The van der Waals surface area contributed by atoms with Gasteiger partial charge in [0.05, 0.1) is 6.04 Å². The van der Waals surface area contributed by atoms with Crippen molar-refractivity contribution in [1.82, 2.24) is 10.2 Å². The van der Waals surface area contributed by atoms with E-state index in [4.69, 9.17) is 16.3 Å². The highest BCUT2D eigenvalue weighted by atomic mass is 35.5. The molecule has 1 amide bonds. The van der Waals surface area contributed by atoms with Crippen molar-refractivity contribution < 1.29 is 9.53 Å². The van der Waals surface area contributed by atoms with E-state index in [1.165, 1.54) is 0 Å². The van der Waals surface area contributed by atoms with Crippen LogP contribution in [0.5, 0.6) is 0 Å². The van der Waals surface area contributed by atoms with E-state index in [-0.39, 0.29) is 18.1 Å². The minimum Gasteiger partial charge on any atom is -0.372 e. The summed E-state index contributed by atoms with van der Waals surface area (Å²) in [5, 5.41) is 4.03. The molecule has 110 valence electrons. The molecule has 1 aliphatic heterocycles. The Hall–Kier alpha value is -1.10. The number of hydrogen-bond acceptors (Lipinski definition) is 3. The van der Waals surface area contributed by atoms with E-state index in [9.17, 15) is 4.79 Å². The van der Waals surface area contributed by atoms with Gasteiger partial charge in [0.2, 0.25) is 0 Å². The number of piperazine rings is 1. The van der Waals surface area contributed by atoms with Gasteiger partial charge in [0.15, 0.2) is 0 Å². The lowest BCUT2D eigenvalue weighted by Crippen LogP contribution is -2.52. The zero-order valence-corrected chi connectivity index (χ0v) is 12.7. The third kappa shape index (κ3) is 3.14. The van der Waals surface area contributed by atoms with Crippen molar-refractivity contribution in [3.8, 4) is 0 Å². The van der Waals surface area contributed by atoms with Crippen molar-refractivity contribution >= 4 is 17.5 Å². The summed E-state index contributed by atoms with van der Waals surface area (Å²) < 4.78 is 5.28. The van der Waals surface area contributed by atoms with E-state index in [1.807, 2.05) is 36.1 Å². The van der Waals surface area contributed by atoms with Crippen molar-refractivity contribution in [1.29, 1.82) is 0 Å². The fourth-order valence-electron chi connectivity index (χ4n) is 2.62. The molecule has 1 heterocycles. The quantitative estimate of drug-likeness (QED) is 0.926. The van der Waals surface area contributed by atoms with Crippen LogP contribution in [0.2, 0.25) is 5.02 Å². The third-order valence-corrected chi connectivity index (χ3v) is 4.07. The zero-order chi connectivity index (χ0) is 14.5. The highest BCUT2D eigenvalue weighted by Gasteiger charge is 2.32. The van der Waals surface area contributed by atoms with Crippen LogP contribution in [-0.2, 0) is 9.53 Å². The van der Waals surface area contributed by atoms with E-state index in [0.717, 1.165) is 18.7 Å². The molecule has 1 aromatic carbocycles. The van der Waals surface area contributed by atoms with Gasteiger partial charge in [-0.05, 0) is 18.1 Å². The van der Waals surface area contributed by atoms with E-state index < -0.39 is 0 Å². The number of benzene rings is 1. The van der Waals surface area contributed by atoms with Crippen LogP contribution in [0.3, 0.4) is 0 Å². The lowest BCUT2D eigenvalue weighted by molar-refractivity contribution is -0.145. The second-order valence-corrected chi connectivity index (χ2v) is 5.31.